The van der Waals surface area contributed by atoms with Crippen molar-refractivity contribution < 1.29 is 9.59 Å². The number of rotatable bonds is 6. The van der Waals surface area contributed by atoms with Gasteiger partial charge in [-0.05, 0) is 37.1 Å². The molecule has 1 amide bonds. The molecular weight excluding hydrogens is 350 g/mol. The zero-order valence-electron chi connectivity index (χ0n) is 15.0. The number of Topliss-reactive ketones (excluding diaryl/α,β-unsaturated/α-hetero) is 1. The molecule has 0 radical (unpaired) electrons. The van der Waals surface area contributed by atoms with E-state index in [-0.39, 0.29) is 17.6 Å². The van der Waals surface area contributed by atoms with Crippen molar-refractivity contribution in [3.8, 4) is 0 Å². The van der Waals surface area contributed by atoms with Crippen LogP contribution < -0.4 is 0 Å². The fraction of sp³-hybridized carbons (Fsp3) is 0.450. The Morgan fingerprint density at radius 2 is 2.04 bits per heavy atom. The summed E-state index contributed by atoms with van der Waals surface area (Å²) in [6.07, 6.45) is 6.65. The van der Waals surface area contributed by atoms with Gasteiger partial charge in [0.2, 0.25) is 5.91 Å². The van der Waals surface area contributed by atoms with Crippen LogP contribution >= 0.6 is 11.6 Å². The molecule has 1 aromatic heterocycles. The van der Waals surface area contributed by atoms with Crippen molar-refractivity contribution in [3.63, 3.8) is 0 Å². The van der Waals surface area contributed by atoms with Gasteiger partial charge in [-0.15, -0.1) is 0 Å². The number of hydrogen-bond donors (Lipinski definition) is 0. The monoisotopic (exact) mass is 373 g/mol. The fourth-order valence-electron chi connectivity index (χ4n) is 3.50. The van der Waals surface area contributed by atoms with E-state index in [1.165, 1.54) is 0 Å². The molecule has 0 spiro atoms. The summed E-state index contributed by atoms with van der Waals surface area (Å²) in [4.78, 5) is 31.4. The maximum Gasteiger partial charge on any atom is 0.224 e. The maximum absolute atomic E-state index is 12.7. The van der Waals surface area contributed by atoms with E-state index in [9.17, 15) is 9.59 Å². The number of aryl methyl sites for hydroxylation is 2. The summed E-state index contributed by atoms with van der Waals surface area (Å²) in [6.45, 7) is 3.92. The SMILES string of the molecule is CCc1nccn1CCC(=O)N1CCCC(C(=O)c2ccc(Cl)cc2)C1. The minimum Gasteiger partial charge on any atom is -0.342 e. The number of imidazole rings is 1. The van der Waals surface area contributed by atoms with Gasteiger partial charge in [0.05, 0.1) is 0 Å². The number of aromatic nitrogens is 2. The average molecular weight is 374 g/mol. The van der Waals surface area contributed by atoms with Crippen LogP contribution in [0.1, 0.15) is 42.4 Å². The first-order valence-electron chi connectivity index (χ1n) is 9.16. The maximum atomic E-state index is 12.7. The minimum absolute atomic E-state index is 0.0991. The second kappa shape index (κ2) is 8.49. The minimum atomic E-state index is -0.131. The van der Waals surface area contributed by atoms with Crippen LogP contribution in [0.3, 0.4) is 0 Å². The average Bonchev–Trinajstić information content (AvgIpc) is 3.14. The molecule has 3 rings (SSSR count). The van der Waals surface area contributed by atoms with Crippen molar-refractivity contribution in [1.82, 2.24) is 14.5 Å². The van der Waals surface area contributed by atoms with E-state index in [1.54, 1.807) is 30.5 Å². The van der Waals surface area contributed by atoms with E-state index in [4.69, 9.17) is 11.6 Å². The van der Waals surface area contributed by atoms with Gasteiger partial charge in [0.15, 0.2) is 5.78 Å². The highest BCUT2D eigenvalue weighted by molar-refractivity contribution is 6.30. The Bertz CT molecular complexity index is 770. The largest absolute Gasteiger partial charge is 0.342 e. The Labute approximate surface area is 159 Å². The third-order valence-corrected chi connectivity index (χ3v) is 5.21. The molecule has 1 aliphatic rings. The Balaban J connectivity index is 1.58. The van der Waals surface area contributed by atoms with Gasteiger partial charge in [0, 0.05) is 61.4 Å². The zero-order chi connectivity index (χ0) is 18.5. The van der Waals surface area contributed by atoms with Gasteiger partial charge >= 0.3 is 0 Å². The van der Waals surface area contributed by atoms with Crippen LogP contribution in [0.15, 0.2) is 36.7 Å². The second-order valence-electron chi connectivity index (χ2n) is 6.69. The van der Waals surface area contributed by atoms with Gasteiger partial charge in [-0.2, -0.15) is 0 Å². The van der Waals surface area contributed by atoms with Gasteiger partial charge in [0.1, 0.15) is 5.82 Å². The third-order valence-electron chi connectivity index (χ3n) is 4.96. The molecule has 1 unspecified atom stereocenters. The number of carbonyl (C=O) groups excluding carboxylic acids is 2. The van der Waals surface area contributed by atoms with Crippen molar-refractivity contribution in [3.05, 3.63) is 53.1 Å². The van der Waals surface area contributed by atoms with Gasteiger partial charge in [-0.1, -0.05) is 18.5 Å². The molecule has 5 nitrogen and oxygen atoms in total. The number of ketones is 1. The highest BCUT2D eigenvalue weighted by Crippen LogP contribution is 2.22. The van der Waals surface area contributed by atoms with Gasteiger partial charge < -0.3 is 9.47 Å². The molecule has 0 aliphatic carbocycles. The molecule has 0 N–H and O–H groups in total. The number of carbonyl (C=O) groups is 2. The van der Waals surface area contributed by atoms with Crippen molar-refractivity contribution in [2.24, 2.45) is 5.92 Å². The van der Waals surface area contributed by atoms with Crippen LogP contribution in [0.4, 0.5) is 0 Å². The number of piperidine rings is 1. The molecule has 2 aromatic rings. The molecular formula is C20H24ClN3O2. The number of nitrogens with zero attached hydrogens (tertiary/aromatic N) is 3. The lowest BCUT2D eigenvalue weighted by atomic mass is 9.90. The van der Waals surface area contributed by atoms with Crippen molar-refractivity contribution in [2.45, 2.75) is 39.2 Å². The van der Waals surface area contributed by atoms with E-state index < -0.39 is 0 Å². The van der Waals surface area contributed by atoms with Crippen molar-refractivity contribution in [1.29, 1.82) is 0 Å². The molecule has 1 saturated heterocycles. The van der Waals surface area contributed by atoms with Gasteiger partial charge in [-0.25, -0.2) is 4.98 Å². The first-order valence-corrected chi connectivity index (χ1v) is 9.54. The first kappa shape index (κ1) is 18.6. The van der Waals surface area contributed by atoms with Crippen molar-refractivity contribution in [2.75, 3.05) is 13.1 Å². The van der Waals surface area contributed by atoms with Crippen LogP contribution in [-0.2, 0) is 17.8 Å². The number of halogens is 1. The Morgan fingerprint density at radius 3 is 2.77 bits per heavy atom. The van der Waals surface area contributed by atoms with E-state index in [0.29, 0.717) is 30.1 Å². The normalized spacial score (nSPS) is 17.3. The second-order valence-corrected chi connectivity index (χ2v) is 7.13. The fourth-order valence-corrected chi connectivity index (χ4v) is 3.63. The molecule has 1 aliphatic heterocycles. The summed E-state index contributed by atoms with van der Waals surface area (Å²) in [6, 6.07) is 6.99. The highest BCUT2D eigenvalue weighted by Gasteiger charge is 2.28. The molecule has 1 fully saturated rings. The summed E-state index contributed by atoms with van der Waals surface area (Å²) in [7, 11) is 0. The topological polar surface area (TPSA) is 55.2 Å². The summed E-state index contributed by atoms with van der Waals surface area (Å²) in [5.74, 6) is 1.07. The predicted molar refractivity (Wildman–Crippen MR) is 101 cm³/mol. The molecule has 26 heavy (non-hydrogen) atoms. The van der Waals surface area contributed by atoms with Gasteiger partial charge in [-0.3, -0.25) is 9.59 Å². The number of hydrogen-bond acceptors (Lipinski definition) is 3. The van der Waals surface area contributed by atoms with Crippen LogP contribution in [0, 0.1) is 5.92 Å². The van der Waals surface area contributed by atoms with E-state index in [1.807, 2.05) is 15.7 Å². The molecule has 2 heterocycles. The Hall–Kier alpha value is -2.14. The number of likely N-dealkylation sites (tertiary alicyclic amines) is 1. The lowest BCUT2D eigenvalue weighted by Crippen LogP contribution is -2.42. The first-order chi connectivity index (χ1) is 12.6. The lowest BCUT2D eigenvalue weighted by Gasteiger charge is -2.32. The molecule has 0 bridgehead atoms. The third kappa shape index (κ3) is 4.33. The van der Waals surface area contributed by atoms with Crippen LogP contribution in [0.25, 0.3) is 0 Å². The summed E-state index contributed by atoms with van der Waals surface area (Å²) in [5, 5.41) is 0.618. The van der Waals surface area contributed by atoms with Crippen LogP contribution in [-0.4, -0.2) is 39.2 Å². The quantitative estimate of drug-likeness (QED) is 0.727. The predicted octanol–water partition coefficient (Wildman–Crippen LogP) is 3.61. The Kier molecular flexibility index (Phi) is 6.09. The van der Waals surface area contributed by atoms with Crippen molar-refractivity contribution >= 4 is 23.3 Å². The summed E-state index contributed by atoms with van der Waals surface area (Å²) in [5.41, 5.74) is 0.666. The number of benzene rings is 1. The smallest absolute Gasteiger partial charge is 0.224 e. The summed E-state index contributed by atoms with van der Waals surface area (Å²) < 4.78 is 2.03. The van der Waals surface area contributed by atoms with Gasteiger partial charge in [0.25, 0.3) is 0 Å². The highest BCUT2D eigenvalue weighted by atomic mass is 35.5. The molecule has 6 heteroatoms. The summed E-state index contributed by atoms with van der Waals surface area (Å²) >= 11 is 5.89. The lowest BCUT2D eigenvalue weighted by molar-refractivity contribution is -0.132. The van der Waals surface area contributed by atoms with E-state index in [2.05, 4.69) is 11.9 Å². The molecule has 0 saturated carbocycles. The number of amides is 1. The Morgan fingerprint density at radius 1 is 1.27 bits per heavy atom. The van der Waals surface area contributed by atoms with Crippen LogP contribution in [0.2, 0.25) is 5.02 Å². The molecule has 1 atom stereocenters. The van der Waals surface area contributed by atoms with E-state index >= 15 is 0 Å². The standard InChI is InChI=1S/C20H24ClN3O2/c1-2-18-22-10-13-23(18)12-9-19(25)24-11-3-4-16(14-24)20(26)15-5-7-17(21)8-6-15/h5-8,10,13,16H,2-4,9,11-12,14H2,1H3. The molecule has 138 valence electrons. The van der Waals surface area contributed by atoms with E-state index in [0.717, 1.165) is 31.6 Å². The van der Waals surface area contributed by atoms with Crippen LogP contribution in [0.5, 0.6) is 0 Å². The molecule has 1 aromatic carbocycles. The zero-order valence-corrected chi connectivity index (χ0v) is 15.8.